The SMILES string of the molecule is COc1ccc(-n2cnc3cc(OC)cc(C)c3c2=O)cc1.Cc1cc(O)cc2ncn(-c3ccc(O)cc3)c(=O)c12. The maximum absolute atomic E-state index is 12.8. The van der Waals surface area contributed by atoms with E-state index in [2.05, 4.69) is 9.97 Å². The van der Waals surface area contributed by atoms with Crippen LogP contribution in [0, 0.1) is 13.8 Å². The van der Waals surface area contributed by atoms with Gasteiger partial charge in [-0.1, -0.05) is 0 Å². The minimum Gasteiger partial charge on any atom is -0.508 e. The van der Waals surface area contributed by atoms with Crippen LogP contribution in [0.4, 0.5) is 0 Å². The average Bonchev–Trinajstić information content (AvgIpc) is 2.98. The Morgan fingerprint density at radius 2 is 1.07 bits per heavy atom. The van der Waals surface area contributed by atoms with Crippen molar-refractivity contribution in [2.45, 2.75) is 13.8 Å². The highest BCUT2D eigenvalue weighted by atomic mass is 16.5. The number of aromatic nitrogens is 4. The number of ether oxygens (including phenoxy) is 2. The van der Waals surface area contributed by atoms with Gasteiger partial charge in [-0.2, -0.15) is 0 Å². The molecule has 0 aliphatic rings. The second kappa shape index (κ2) is 11.5. The van der Waals surface area contributed by atoms with E-state index in [9.17, 15) is 19.8 Å². The van der Waals surface area contributed by atoms with Gasteiger partial charge in [0.15, 0.2) is 0 Å². The van der Waals surface area contributed by atoms with E-state index in [4.69, 9.17) is 9.47 Å². The Kier molecular flexibility index (Phi) is 7.61. The van der Waals surface area contributed by atoms with Crippen LogP contribution in [0.3, 0.4) is 0 Å². The van der Waals surface area contributed by atoms with Crippen molar-refractivity contribution in [1.82, 2.24) is 19.1 Å². The number of methoxy groups -OCH3 is 2. The molecule has 0 atom stereocenters. The Bertz CT molecular complexity index is 2030. The van der Waals surface area contributed by atoms with Gasteiger partial charge in [0.1, 0.15) is 35.7 Å². The van der Waals surface area contributed by atoms with Gasteiger partial charge in [-0.15, -0.1) is 0 Å². The molecule has 2 heterocycles. The van der Waals surface area contributed by atoms with Crippen LogP contribution in [0.5, 0.6) is 23.0 Å². The van der Waals surface area contributed by atoms with Gasteiger partial charge in [-0.3, -0.25) is 18.7 Å². The zero-order valence-corrected chi connectivity index (χ0v) is 23.4. The van der Waals surface area contributed by atoms with Crippen molar-refractivity contribution in [3.8, 4) is 34.4 Å². The standard InChI is InChI=1S/C17H16N2O3.C15H12N2O3/c1-11-8-14(22-3)9-15-16(11)17(20)19(10-18-15)12-4-6-13(21-2)7-5-12;1-9-6-12(19)7-13-14(9)15(20)17(8-16-13)10-2-4-11(18)5-3-10/h4-10H,1-3H3;2-8,18-19H,1H3. The molecule has 0 bridgehead atoms. The minimum atomic E-state index is -0.210. The fourth-order valence-corrected chi connectivity index (χ4v) is 4.67. The second-order valence-electron chi connectivity index (χ2n) is 9.55. The molecule has 212 valence electrons. The van der Waals surface area contributed by atoms with Crippen molar-refractivity contribution in [3.05, 3.63) is 117 Å². The second-order valence-corrected chi connectivity index (χ2v) is 9.55. The maximum Gasteiger partial charge on any atom is 0.266 e. The topological polar surface area (TPSA) is 129 Å². The summed E-state index contributed by atoms with van der Waals surface area (Å²) in [6.07, 6.45) is 2.95. The first-order valence-corrected chi connectivity index (χ1v) is 12.9. The van der Waals surface area contributed by atoms with Crippen LogP contribution >= 0.6 is 0 Å². The Labute approximate surface area is 240 Å². The van der Waals surface area contributed by atoms with Gasteiger partial charge in [0.25, 0.3) is 11.1 Å². The Balaban J connectivity index is 0.000000169. The van der Waals surface area contributed by atoms with E-state index in [1.165, 1.54) is 46.1 Å². The number of nitrogens with zero attached hydrogens (tertiary/aromatic N) is 4. The summed E-state index contributed by atoms with van der Waals surface area (Å²) in [7, 11) is 3.20. The summed E-state index contributed by atoms with van der Waals surface area (Å²) in [5, 5.41) is 19.9. The lowest BCUT2D eigenvalue weighted by Gasteiger charge is -2.10. The fourth-order valence-electron chi connectivity index (χ4n) is 4.67. The summed E-state index contributed by atoms with van der Waals surface area (Å²) in [5.74, 6) is 1.66. The first-order valence-electron chi connectivity index (χ1n) is 12.9. The summed E-state index contributed by atoms with van der Waals surface area (Å²) in [6, 6.07) is 20.2. The molecule has 0 saturated heterocycles. The number of phenolic OH excluding ortho intramolecular Hbond substituents is 2. The van der Waals surface area contributed by atoms with Gasteiger partial charge in [0.2, 0.25) is 0 Å². The first kappa shape index (κ1) is 27.9. The van der Waals surface area contributed by atoms with Crippen molar-refractivity contribution in [1.29, 1.82) is 0 Å². The lowest BCUT2D eigenvalue weighted by molar-refractivity contribution is 0.414. The molecule has 10 heteroatoms. The highest BCUT2D eigenvalue weighted by Gasteiger charge is 2.11. The van der Waals surface area contributed by atoms with Gasteiger partial charge >= 0.3 is 0 Å². The van der Waals surface area contributed by atoms with Crippen LogP contribution in [0.25, 0.3) is 33.2 Å². The Morgan fingerprint density at radius 1 is 0.595 bits per heavy atom. The van der Waals surface area contributed by atoms with Crippen LogP contribution < -0.4 is 20.6 Å². The summed E-state index contributed by atoms with van der Waals surface area (Å²) >= 11 is 0. The van der Waals surface area contributed by atoms with E-state index in [1.807, 2.05) is 37.3 Å². The molecule has 2 aromatic heterocycles. The third-order valence-electron chi connectivity index (χ3n) is 6.79. The molecule has 0 unspecified atom stereocenters. The van der Waals surface area contributed by atoms with Crippen LogP contribution in [0.1, 0.15) is 11.1 Å². The van der Waals surface area contributed by atoms with Gasteiger partial charge < -0.3 is 19.7 Å². The first-order chi connectivity index (χ1) is 20.2. The molecule has 0 aliphatic carbocycles. The summed E-state index contributed by atoms with van der Waals surface area (Å²) in [6.45, 7) is 3.64. The van der Waals surface area contributed by atoms with Gasteiger partial charge in [0, 0.05) is 12.1 Å². The molecule has 0 saturated carbocycles. The van der Waals surface area contributed by atoms with Gasteiger partial charge in [0.05, 0.1) is 47.4 Å². The molecule has 42 heavy (non-hydrogen) atoms. The number of hydrogen-bond donors (Lipinski definition) is 2. The molecule has 2 N–H and O–H groups in total. The number of fused-ring (bicyclic) bond motifs is 2. The predicted octanol–water partition coefficient (Wildman–Crippen LogP) is 4.82. The normalized spacial score (nSPS) is 10.8. The number of benzene rings is 4. The van der Waals surface area contributed by atoms with Gasteiger partial charge in [-0.05, 0) is 85.6 Å². The number of phenols is 2. The molecule has 4 aromatic carbocycles. The van der Waals surface area contributed by atoms with E-state index >= 15 is 0 Å². The highest BCUT2D eigenvalue weighted by molar-refractivity contribution is 5.83. The third kappa shape index (κ3) is 5.37. The Morgan fingerprint density at radius 3 is 1.60 bits per heavy atom. The molecular weight excluding hydrogens is 536 g/mol. The van der Waals surface area contributed by atoms with Crippen molar-refractivity contribution in [2.24, 2.45) is 0 Å². The molecule has 0 radical (unpaired) electrons. The number of aryl methyl sites for hydroxylation is 2. The van der Waals surface area contributed by atoms with Crippen molar-refractivity contribution in [2.75, 3.05) is 14.2 Å². The number of hydrogen-bond acceptors (Lipinski definition) is 8. The zero-order valence-electron chi connectivity index (χ0n) is 23.4. The molecule has 0 amide bonds. The van der Waals surface area contributed by atoms with Gasteiger partial charge in [-0.25, -0.2) is 9.97 Å². The largest absolute Gasteiger partial charge is 0.508 e. The number of rotatable bonds is 4. The van der Waals surface area contributed by atoms with E-state index in [0.29, 0.717) is 38.8 Å². The number of aromatic hydroxyl groups is 2. The summed E-state index contributed by atoms with van der Waals surface area (Å²) < 4.78 is 13.3. The minimum absolute atomic E-state index is 0.0873. The predicted molar refractivity (Wildman–Crippen MR) is 161 cm³/mol. The monoisotopic (exact) mass is 564 g/mol. The quantitative estimate of drug-likeness (QED) is 0.312. The van der Waals surface area contributed by atoms with E-state index in [-0.39, 0.29) is 22.6 Å². The van der Waals surface area contributed by atoms with Crippen molar-refractivity contribution >= 4 is 21.8 Å². The summed E-state index contributed by atoms with van der Waals surface area (Å²) in [4.78, 5) is 33.9. The lowest BCUT2D eigenvalue weighted by Crippen LogP contribution is -2.19. The highest BCUT2D eigenvalue weighted by Crippen LogP contribution is 2.23. The Hall–Kier alpha value is -5.64. The lowest BCUT2D eigenvalue weighted by atomic mass is 10.1. The molecule has 0 spiro atoms. The molecule has 0 fully saturated rings. The fraction of sp³-hybridized carbons (Fsp3) is 0.125. The molecule has 10 nitrogen and oxygen atoms in total. The van der Waals surface area contributed by atoms with Crippen LogP contribution in [0.2, 0.25) is 0 Å². The van der Waals surface area contributed by atoms with Crippen molar-refractivity contribution < 1.29 is 19.7 Å². The van der Waals surface area contributed by atoms with Crippen LogP contribution in [-0.4, -0.2) is 43.5 Å². The maximum atomic E-state index is 12.8. The van der Waals surface area contributed by atoms with E-state index < -0.39 is 0 Å². The smallest absolute Gasteiger partial charge is 0.266 e. The van der Waals surface area contributed by atoms with E-state index in [0.717, 1.165) is 17.0 Å². The molecule has 6 aromatic rings. The zero-order chi connectivity index (χ0) is 30.0. The third-order valence-corrected chi connectivity index (χ3v) is 6.79. The van der Waals surface area contributed by atoms with Crippen LogP contribution in [0.15, 0.2) is 95.0 Å². The summed E-state index contributed by atoms with van der Waals surface area (Å²) in [5.41, 5.74) is 3.66. The van der Waals surface area contributed by atoms with Crippen molar-refractivity contribution in [3.63, 3.8) is 0 Å². The average molecular weight is 565 g/mol. The molecular formula is C32H28N4O6. The van der Waals surface area contributed by atoms with E-state index in [1.54, 1.807) is 39.3 Å². The molecule has 6 rings (SSSR count). The molecule has 0 aliphatic heterocycles. The van der Waals surface area contributed by atoms with Crippen LogP contribution in [-0.2, 0) is 0 Å².